The van der Waals surface area contributed by atoms with Crippen LogP contribution >= 0.6 is 0 Å². The van der Waals surface area contributed by atoms with E-state index < -0.39 is 10.0 Å². The maximum Gasteiger partial charge on any atom is 0.263 e. The van der Waals surface area contributed by atoms with Crippen molar-refractivity contribution >= 4 is 21.7 Å². The molecule has 3 rings (SSSR count). The number of sulfonamides is 1. The summed E-state index contributed by atoms with van der Waals surface area (Å²) in [6.45, 7) is 2.78. The fraction of sp³-hybridized carbons (Fsp3) is 0.333. The van der Waals surface area contributed by atoms with Gasteiger partial charge in [0.15, 0.2) is 11.6 Å². The number of nitrogens with zero attached hydrogens (tertiary/aromatic N) is 3. The van der Waals surface area contributed by atoms with Crippen molar-refractivity contribution in [2.45, 2.75) is 4.90 Å². The maximum absolute atomic E-state index is 12.3. The Morgan fingerprint density at radius 3 is 2.38 bits per heavy atom. The molecule has 0 atom stereocenters. The molecular formula is C15H18N4O4S. The molecule has 0 bridgehead atoms. The van der Waals surface area contributed by atoms with Crippen LogP contribution < -0.4 is 14.4 Å². The van der Waals surface area contributed by atoms with Crippen LogP contribution in [0, 0.1) is 0 Å². The molecule has 1 fully saturated rings. The molecule has 8 nitrogen and oxygen atoms in total. The van der Waals surface area contributed by atoms with Crippen LogP contribution in [-0.4, -0.2) is 52.0 Å². The number of anilines is 2. The second kappa shape index (κ2) is 7.02. The summed E-state index contributed by atoms with van der Waals surface area (Å²) in [6.07, 6.45) is 0. The van der Waals surface area contributed by atoms with E-state index in [0.29, 0.717) is 24.8 Å². The van der Waals surface area contributed by atoms with E-state index in [1.165, 1.54) is 19.2 Å². The first kappa shape index (κ1) is 16.5. The Hall–Kier alpha value is -2.39. The fourth-order valence-corrected chi connectivity index (χ4v) is 3.29. The molecule has 24 heavy (non-hydrogen) atoms. The van der Waals surface area contributed by atoms with Gasteiger partial charge < -0.3 is 14.4 Å². The minimum atomic E-state index is -3.72. The van der Waals surface area contributed by atoms with Crippen molar-refractivity contribution in [3.8, 4) is 5.75 Å². The molecule has 1 aromatic heterocycles. The Morgan fingerprint density at radius 2 is 1.79 bits per heavy atom. The van der Waals surface area contributed by atoms with Gasteiger partial charge in [0.2, 0.25) is 0 Å². The zero-order chi connectivity index (χ0) is 17.0. The van der Waals surface area contributed by atoms with Crippen LogP contribution in [0.5, 0.6) is 5.75 Å². The molecule has 1 aliphatic rings. The van der Waals surface area contributed by atoms with Gasteiger partial charge >= 0.3 is 0 Å². The lowest BCUT2D eigenvalue weighted by atomic mass is 10.3. The first-order valence-corrected chi connectivity index (χ1v) is 8.90. The minimum absolute atomic E-state index is 0.127. The van der Waals surface area contributed by atoms with Gasteiger partial charge in [-0.15, -0.1) is 10.2 Å². The molecule has 2 heterocycles. The average Bonchev–Trinajstić information content (AvgIpc) is 2.63. The van der Waals surface area contributed by atoms with Gasteiger partial charge in [0, 0.05) is 13.1 Å². The molecule has 0 spiro atoms. The third-order valence-electron chi connectivity index (χ3n) is 3.59. The highest BCUT2D eigenvalue weighted by Gasteiger charge is 2.17. The summed E-state index contributed by atoms with van der Waals surface area (Å²) < 4.78 is 37.4. The predicted molar refractivity (Wildman–Crippen MR) is 88.9 cm³/mol. The summed E-state index contributed by atoms with van der Waals surface area (Å²) >= 11 is 0. The highest BCUT2D eigenvalue weighted by Crippen LogP contribution is 2.19. The van der Waals surface area contributed by atoms with Crippen molar-refractivity contribution in [2.75, 3.05) is 43.0 Å². The third-order valence-corrected chi connectivity index (χ3v) is 4.96. The van der Waals surface area contributed by atoms with Crippen molar-refractivity contribution in [1.82, 2.24) is 10.2 Å². The van der Waals surface area contributed by atoms with Gasteiger partial charge in [-0.1, -0.05) is 0 Å². The molecule has 0 unspecified atom stereocenters. The number of methoxy groups -OCH3 is 1. The molecule has 1 saturated heterocycles. The Labute approximate surface area is 140 Å². The van der Waals surface area contributed by atoms with Crippen LogP contribution in [0.3, 0.4) is 0 Å². The summed E-state index contributed by atoms with van der Waals surface area (Å²) in [4.78, 5) is 2.17. The van der Waals surface area contributed by atoms with Gasteiger partial charge in [0.25, 0.3) is 10.0 Å². The van der Waals surface area contributed by atoms with E-state index in [0.717, 1.165) is 13.1 Å². The molecule has 9 heteroatoms. The number of benzene rings is 1. The van der Waals surface area contributed by atoms with Crippen LogP contribution in [0.2, 0.25) is 0 Å². The first-order valence-electron chi connectivity index (χ1n) is 7.42. The summed E-state index contributed by atoms with van der Waals surface area (Å²) in [5, 5.41) is 8.03. The SMILES string of the molecule is COc1ccc(S(=O)(=O)Nc2ccc(N3CCOCC3)nn2)cc1. The number of hydrogen-bond acceptors (Lipinski definition) is 7. The minimum Gasteiger partial charge on any atom is -0.497 e. The largest absolute Gasteiger partial charge is 0.497 e. The van der Waals surface area contributed by atoms with Crippen LogP contribution in [0.4, 0.5) is 11.6 Å². The van der Waals surface area contributed by atoms with Crippen molar-refractivity contribution < 1.29 is 17.9 Å². The van der Waals surface area contributed by atoms with Gasteiger partial charge in [-0.05, 0) is 36.4 Å². The van der Waals surface area contributed by atoms with Crippen molar-refractivity contribution in [2.24, 2.45) is 0 Å². The van der Waals surface area contributed by atoms with E-state index in [2.05, 4.69) is 14.9 Å². The standard InChI is InChI=1S/C15H18N4O4S/c1-22-12-2-4-13(5-3-12)24(20,21)18-14-6-7-15(17-16-14)19-8-10-23-11-9-19/h2-7H,8-11H2,1H3,(H,16,18). The highest BCUT2D eigenvalue weighted by molar-refractivity contribution is 7.92. The van der Waals surface area contributed by atoms with E-state index in [4.69, 9.17) is 9.47 Å². The molecule has 2 aromatic rings. The quantitative estimate of drug-likeness (QED) is 0.863. The summed E-state index contributed by atoms with van der Waals surface area (Å²) in [6, 6.07) is 9.44. The van der Waals surface area contributed by atoms with Crippen LogP contribution in [0.15, 0.2) is 41.3 Å². The van der Waals surface area contributed by atoms with Gasteiger partial charge in [-0.25, -0.2) is 8.42 Å². The maximum atomic E-state index is 12.3. The topological polar surface area (TPSA) is 93.7 Å². The lowest BCUT2D eigenvalue weighted by Crippen LogP contribution is -2.36. The molecule has 1 N–H and O–H groups in total. The normalized spacial score (nSPS) is 15.1. The van der Waals surface area contributed by atoms with E-state index in [1.54, 1.807) is 24.3 Å². The van der Waals surface area contributed by atoms with Gasteiger partial charge in [-0.2, -0.15) is 0 Å². The van der Waals surface area contributed by atoms with E-state index in [-0.39, 0.29) is 10.7 Å². The predicted octanol–water partition coefficient (Wildman–Crippen LogP) is 1.12. The van der Waals surface area contributed by atoms with Crippen LogP contribution in [0.1, 0.15) is 0 Å². The van der Waals surface area contributed by atoms with E-state index in [9.17, 15) is 8.42 Å². The lowest BCUT2D eigenvalue weighted by molar-refractivity contribution is 0.122. The number of ether oxygens (including phenoxy) is 2. The fourth-order valence-electron chi connectivity index (χ4n) is 2.29. The number of nitrogens with one attached hydrogen (secondary N) is 1. The average molecular weight is 350 g/mol. The number of rotatable bonds is 5. The smallest absolute Gasteiger partial charge is 0.263 e. The molecule has 0 amide bonds. The Balaban J connectivity index is 1.72. The zero-order valence-electron chi connectivity index (χ0n) is 13.2. The van der Waals surface area contributed by atoms with Crippen LogP contribution in [-0.2, 0) is 14.8 Å². The van der Waals surface area contributed by atoms with E-state index in [1.807, 2.05) is 4.90 Å². The Kier molecular flexibility index (Phi) is 4.81. The molecule has 1 aliphatic heterocycles. The second-order valence-corrected chi connectivity index (χ2v) is 6.84. The molecule has 128 valence electrons. The molecule has 0 radical (unpaired) electrons. The van der Waals surface area contributed by atoms with Crippen molar-refractivity contribution in [3.63, 3.8) is 0 Å². The Bertz CT molecular complexity index is 772. The highest BCUT2D eigenvalue weighted by atomic mass is 32.2. The Morgan fingerprint density at radius 1 is 1.08 bits per heavy atom. The lowest BCUT2D eigenvalue weighted by Gasteiger charge is -2.27. The van der Waals surface area contributed by atoms with Gasteiger partial charge in [-0.3, -0.25) is 4.72 Å². The zero-order valence-corrected chi connectivity index (χ0v) is 14.0. The summed E-state index contributed by atoms with van der Waals surface area (Å²) in [5.41, 5.74) is 0. The van der Waals surface area contributed by atoms with Gasteiger partial charge in [0.05, 0.1) is 25.2 Å². The first-order chi connectivity index (χ1) is 11.6. The summed E-state index contributed by atoms with van der Waals surface area (Å²) in [7, 11) is -2.20. The van der Waals surface area contributed by atoms with Gasteiger partial charge in [0.1, 0.15) is 5.75 Å². The van der Waals surface area contributed by atoms with Crippen LogP contribution in [0.25, 0.3) is 0 Å². The monoisotopic (exact) mass is 350 g/mol. The van der Waals surface area contributed by atoms with Crippen molar-refractivity contribution in [1.29, 1.82) is 0 Å². The van der Waals surface area contributed by atoms with E-state index >= 15 is 0 Å². The molecule has 1 aromatic carbocycles. The second-order valence-electron chi connectivity index (χ2n) is 5.16. The molecule has 0 saturated carbocycles. The number of hydrogen-bond donors (Lipinski definition) is 1. The third kappa shape index (κ3) is 3.74. The molecule has 0 aliphatic carbocycles. The number of aromatic nitrogens is 2. The number of morpholine rings is 1. The molecular weight excluding hydrogens is 332 g/mol. The van der Waals surface area contributed by atoms with Crippen molar-refractivity contribution in [3.05, 3.63) is 36.4 Å². The summed E-state index contributed by atoms with van der Waals surface area (Å²) in [5.74, 6) is 1.46.